The van der Waals surface area contributed by atoms with Crippen LogP contribution in [0.1, 0.15) is 13.3 Å². The van der Waals surface area contributed by atoms with E-state index in [0.717, 1.165) is 38.6 Å². The number of aromatic nitrogens is 1. The number of fused-ring (bicyclic) bond motifs is 1. The highest BCUT2D eigenvalue weighted by molar-refractivity contribution is 5.80. The molecule has 0 radical (unpaired) electrons. The van der Waals surface area contributed by atoms with Crippen molar-refractivity contribution in [3.05, 3.63) is 49.2 Å². The van der Waals surface area contributed by atoms with Gasteiger partial charge in [0, 0.05) is 37.9 Å². The van der Waals surface area contributed by atoms with Crippen LogP contribution >= 0.6 is 0 Å². The average molecular weight is 284 g/mol. The lowest BCUT2D eigenvalue weighted by atomic mass is 10.2. The fourth-order valence-corrected chi connectivity index (χ4v) is 2.28. The molecule has 4 heteroatoms. The number of aryl methyl sites for hydroxylation is 1. The molecule has 21 heavy (non-hydrogen) atoms. The van der Waals surface area contributed by atoms with E-state index in [4.69, 9.17) is 0 Å². The molecule has 2 aromatic rings. The molecule has 2 rings (SSSR count). The van der Waals surface area contributed by atoms with Gasteiger partial charge in [0.15, 0.2) is 5.96 Å². The van der Waals surface area contributed by atoms with E-state index in [1.807, 2.05) is 6.08 Å². The average Bonchev–Trinajstić information content (AvgIpc) is 2.92. The summed E-state index contributed by atoms with van der Waals surface area (Å²) >= 11 is 0. The maximum Gasteiger partial charge on any atom is 0.191 e. The van der Waals surface area contributed by atoms with E-state index in [-0.39, 0.29) is 0 Å². The van der Waals surface area contributed by atoms with Crippen LogP contribution in [0.5, 0.6) is 0 Å². The van der Waals surface area contributed by atoms with Crippen molar-refractivity contribution in [3.8, 4) is 0 Å². The third-order valence-corrected chi connectivity index (χ3v) is 3.27. The minimum Gasteiger partial charge on any atom is -0.357 e. The summed E-state index contributed by atoms with van der Waals surface area (Å²) in [5.41, 5.74) is 1.29. The molecule has 0 aliphatic rings. The predicted molar refractivity (Wildman–Crippen MR) is 90.7 cm³/mol. The third kappa shape index (κ3) is 4.38. The van der Waals surface area contributed by atoms with Crippen LogP contribution in [-0.4, -0.2) is 30.2 Å². The fourth-order valence-electron chi connectivity index (χ4n) is 2.28. The Bertz CT molecular complexity index is 598. The molecular formula is C17H24N4. The lowest BCUT2D eigenvalue weighted by molar-refractivity contribution is 0.667. The van der Waals surface area contributed by atoms with Gasteiger partial charge >= 0.3 is 0 Å². The van der Waals surface area contributed by atoms with Crippen molar-refractivity contribution in [2.24, 2.45) is 4.99 Å². The van der Waals surface area contributed by atoms with Crippen LogP contribution < -0.4 is 10.6 Å². The Balaban J connectivity index is 1.86. The zero-order chi connectivity index (χ0) is 14.9. The van der Waals surface area contributed by atoms with Gasteiger partial charge in [0.2, 0.25) is 0 Å². The van der Waals surface area contributed by atoms with Gasteiger partial charge in [-0.1, -0.05) is 24.3 Å². The summed E-state index contributed by atoms with van der Waals surface area (Å²) < 4.78 is 2.29. The molecule has 0 amide bonds. The van der Waals surface area contributed by atoms with Crippen molar-refractivity contribution >= 4 is 16.9 Å². The predicted octanol–water partition coefficient (Wildman–Crippen LogP) is 2.77. The smallest absolute Gasteiger partial charge is 0.191 e. The number of rotatable bonds is 7. The minimum atomic E-state index is 0.730. The number of hydrogen-bond acceptors (Lipinski definition) is 1. The molecule has 0 spiro atoms. The van der Waals surface area contributed by atoms with E-state index in [1.165, 1.54) is 10.9 Å². The second-order valence-electron chi connectivity index (χ2n) is 4.85. The van der Waals surface area contributed by atoms with Crippen molar-refractivity contribution in [2.75, 3.05) is 19.6 Å². The molecule has 0 aliphatic carbocycles. The lowest BCUT2D eigenvalue weighted by Crippen LogP contribution is -2.37. The van der Waals surface area contributed by atoms with Crippen LogP contribution in [0.2, 0.25) is 0 Å². The first kappa shape index (κ1) is 15.2. The summed E-state index contributed by atoms with van der Waals surface area (Å²) in [6, 6.07) is 10.6. The summed E-state index contributed by atoms with van der Waals surface area (Å²) in [7, 11) is 0. The van der Waals surface area contributed by atoms with Crippen molar-refractivity contribution in [1.82, 2.24) is 15.2 Å². The van der Waals surface area contributed by atoms with E-state index in [2.05, 4.69) is 70.2 Å². The molecule has 1 heterocycles. The van der Waals surface area contributed by atoms with Crippen LogP contribution in [-0.2, 0) is 6.54 Å². The Kier molecular flexibility index (Phi) is 5.88. The van der Waals surface area contributed by atoms with Gasteiger partial charge < -0.3 is 15.2 Å². The molecule has 0 saturated carbocycles. The van der Waals surface area contributed by atoms with Gasteiger partial charge in [-0.3, -0.25) is 4.99 Å². The Labute approximate surface area is 126 Å². The second-order valence-corrected chi connectivity index (χ2v) is 4.85. The molecule has 1 aromatic heterocycles. The SMILES string of the molecule is C=CCNC(=NCCCn1ccc2ccccc21)NCC. The summed E-state index contributed by atoms with van der Waals surface area (Å²) in [4.78, 5) is 4.56. The Morgan fingerprint density at radius 2 is 2.14 bits per heavy atom. The van der Waals surface area contributed by atoms with E-state index < -0.39 is 0 Å². The zero-order valence-corrected chi connectivity index (χ0v) is 12.7. The van der Waals surface area contributed by atoms with Crippen molar-refractivity contribution < 1.29 is 0 Å². The van der Waals surface area contributed by atoms with Gasteiger partial charge in [0.25, 0.3) is 0 Å². The van der Waals surface area contributed by atoms with Crippen LogP contribution in [0.15, 0.2) is 54.2 Å². The van der Waals surface area contributed by atoms with Gasteiger partial charge in [-0.05, 0) is 30.9 Å². The summed E-state index contributed by atoms with van der Waals surface area (Å²) in [6.07, 6.45) is 5.00. The van der Waals surface area contributed by atoms with Crippen molar-refractivity contribution in [3.63, 3.8) is 0 Å². The number of para-hydroxylation sites is 1. The Morgan fingerprint density at radius 1 is 1.29 bits per heavy atom. The standard InChI is InChI=1S/C17H24N4/c1-3-11-19-17(18-4-2)20-12-7-13-21-14-10-15-8-5-6-9-16(15)21/h3,5-6,8-10,14H,1,4,7,11-13H2,2H3,(H2,18,19,20). The van der Waals surface area contributed by atoms with Crippen molar-refractivity contribution in [1.29, 1.82) is 0 Å². The highest BCUT2D eigenvalue weighted by Crippen LogP contribution is 2.15. The van der Waals surface area contributed by atoms with Gasteiger partial charge in [0.05, 0.1) is 0 Å². The summed E-state index contributed by atoms with van der Waals surface area (Å²) in [5, 5.41) is 7.73. The first-order chi connectivity index (χ1) is 10.3. The van der Waals surface area contributed by atoms with E-state index in [9.17, 15) is 0 Å². The molecule has 1 aromatic carbocycles. The third-order valence-electron chi connectivity index (χ3n) is 3.27. The monoisotopic (exact) mass is 284 g/mol. The zero-order valence-electron chi connectivity index (χ0n) is 12.7. The summed E-state index contributed by atoms with van der Waals surface area (Å²) in [5.74, 6) is 0.856. The van der Waals surface area contributed by atoms with Crippen LogP contribution in [0.3, 0.4) is 0 Å². The topological polar surface area (TPSA) is 41.4 Å². The van der Waals surface area contributed by atoms with Crippen molar-refractivity contribution in [2.45, 2.75) is 19.9 Å². The van der Waals surface area contributed by atoms with Crippen LogP contribution in [0.25, 0.3) is 10.9 Å². The number of guanidine groups is 1. The molecule has 0 saturated heterocycles. The van der Waals surface area contributed by atoms with Gasteiger partial charge in [-0.2, -0.15) is 0 Å². The molecule has 112 valence electrons. The number of nitrogens with one attached hydrogen (secondary N) is 2. The van der Waals surface area contributed by atoms with Gasteiger partial charge in [-0.15, -0.1) is 6.58 Å². The largest absolute Gasteiger partial charge is 0.357 e. The number of nitrogens with zero attached hydrogens (tertiary/aromatic N) is 2. The molecule has 2 N–H and O–H groups in total. The molecule has 4 nitrogen and oxygen atoms in total. The number of benzene rings is 1. The highest BCUT2D eigenvalue weighted by atomic mass is 15.2. The molecular weight excluding hydrogens is 260 g/mol. The lowest BCUT2D eigenvalue weighted by Gasteiger charge is -2.09. The Morgan fingerprint density at radius 3 is 2.95 bits per heavy atom. The Hall–Kier alpha value is -2.23. The van der Waals surface area contributed by atoms with Gasteiger partial charge in [0.1, 0.15) is 0 Å². The normalized spacial score (nSPS) is 11.6. The summed E-state index contributed by atoms with van der Waals surface area (Å²) in [6.45, 7) is 9.15. The molecule has 0 bridgehead atoms. The number of hydrogen-bond donors (Lipinski definition) is 2. The first-order valence-electron chi connectivity index (χ1n) is 7.52. The molecule has 0 fully saturated rings. The van der Waals surface area contributed by atoms with E-state index >= 15 is 0 Å². The van der Waals surface area contributed by atoms with Crippen LogP contribution in [0.4, 0.5) is 0 Å². The van der Waals surface area contributed by atoms with E-state index in [0.29, 0.717) is 0 Å². The first-order valence-corrected chi connectivity index (χ1v) is 7.52. The minimum absolute atomic E-state index is 0.730. The number of aliphatic imine (C=N–C) groups is 1. The molecule has 0 aliphatic heterocycles. The van der Waals surface area contributed by atoms with Crippen LogP contribution in [0, 0.1) is 0 Å². The van der Waals surface area contributed by atoms with Gasteiger partial charge in [-0.25, -0.2) is 0 Å². The second kappa shape index (κ2) is 8.15. The van der Waals surface area contributed by atoms with E-state index in [1.54, 1.807) is 0 Å². The maximum absolute atomic E-state index is 4.56. The maximum atomic E-state index is 4.56. The highest BCUT2D eigenvalue weighted by Gasteiger charge is 1.99. The fraction of sp³-hybridized carbons (Fsp3) is 0.353. The quantitative estimate of drug-likeness (QED) is 0.355. The molecule has 0 unspecified atom stereocenters. The molecule has 0 atom stereocenters.